The van der Waals surface area contributed by atoms with Gasteiger partial charge in [-0.1, -0.05) is 0 Å². The van der Waals surface area contributed by atoms with Gasteiger partial charge in [-0.25, -0.2) is 4.98 Å². The first-order valence-corrected chi connectivity index (χ1v) is 11.6. The van der Waals surface area contributed by atoms with Crippen LogP contribution in [0.4, 0.5) is 19.0 Å². The lowest BCUT2D eigenvalue weighted by molar-refractivity contribution is -0.146. The number of pyridine rings is 1. The predicted octanol–water partition coefficient (Wildman–Crippen LogP) is 2.07. The van der Waals surface area contributed by atoms with Crippen molar-refractivity contribution >= 4 is 17.4 Å². The van der Waals surface area contributed by atoms with E-state index in [2.05, 4.69) is 35.8 Å². The molecule has 1 saturated carbocycles. The van der Waals surface area contributed by atoms with E-state index in [1.54, 1.807) is 12.3 Å². The molecule has 3 aromatic heterocycles. The smallest absolute Gasteiger partial charge is 0.453 e. The minimum absolute atomic E-state index is 0.00782. The van der Waals surface area contributed by atoms with Gasteiger partial charge in [0.1, 0.15) is 11.9 Å². The fraction of sp³-hybridized carbons (Fsp3) is 0.500. The Hall–Kier alpha value is -3.48. The molecule has 2 N–H and O–H groups in total. The lowest BCUT2D eigenvalue weighted by Gasteiger charge is -2.29. The fourth-order valence-electron chi connectivity index (χ4n) is 4.38. The Morgan fingerprint density at radius 3 is 2.51 bits per heavy atom. The van der Waals surface area contributed by atoms with Gasteiger partial charge >= 0.3 is 6.18 Å². The van der Waals surface area contributed by atoms with Crippen molar-refractivity contribution < 1.29 is 22.7 Å². The highest BCUT2D eigenvalue weighted by Crippen LogP contribution is 2.28. The summed E-state index contributed by atoms with van der Waals surface area (Å²) in [5, 5.41) is 16.9. The summed E-state index contributed by atoms with van der Waals surface area (Å²) in [6, 6.07) is 6.51. The van der Waals surface area contributed by atoms with Crippen molar-refractivity contribution in [1.82, 2.24) is 35.4 Å². The number of hydrogen-bond donors (Lipinski definition) is 2. The van der Waals surface area contributed by atoms with Gasteiger partial charge in [0.2, 0.25) is 5.88 Å². The van der Waals surface area contributed by atoms with Gasteiger partial charge in [0.25, 0.3) is 11.7 Å². The second kappa shape index (κ2) is 9.64. The lowest BCUT2D eigenvalue weighted by Crippen LogP contribution is -2.44. The Bertz CT molecular complexity index is 1170. The van der Waals surface area contributed by atoms with Gasteiger partial charge in [-0.05, 0) is 43.9 Å². The van der Waals surface area contributed by atoms with Crippen LogP contribution in [0.1, 0.15) is 41.9 Å². The van der Waals surface area contributed by atoms with Gasteiger partial charge in [-0.3, -0.25) is 4.79 Å². The van der Waals surface area contributed by atoms with E-state index >= 15 is 0 Å². The molecule has 1 aliphatic carbocycles. The van der Waals surface area contributed by atoms with Crippen LogP contribution >= 0.6 is 0 Å². The molecule has 5 rings (SSSR count). The van der Waals surface area contributed by atoms with E-state index in [0.717, 1.165) is 32.0 Å². The van der Waals surface area contributed by atoms with Gasteiger partial charge < -0.3 is 20.3 Å². The highest BCUT2D eigenvalue weighted by atomic mass is 19.4. The highest BCUT2D eigenvalue weighted by Gasteiger charge is 2.38. The normalized spacial score (nSPS) is 21.2. The van der Waals surface area contributed by atoms with E-state index in [4.69, 9.17) is 4.74 Å². The van der Waals surface area contributed by atoms with Crippen LogP contribution in [-0.4, -0.2) is 69.0 Å². The number of piperazine rings is 1. The fourth-order valence-corrected chi connectivity index (χ4v) is 4.38. The summed E-state index contributed by atoms with van der Waals surface area (Å²) in [5.41, 5.74) is 0.501. The molecule has 1 amide bonds. The van der Waals surface area contributed by atoms with E-state index in [-0.39, 0.29) is 29.6 Å². The number of fused-ring (bicyclic) bond motifs is 1. The second-order valence-corrected chi connectivity index (χ2v) is 8.67. The molecule has 0 aromatic carbocycles. The number of nitrogens with one attached hydrogen (secondary N) is 2. The van der Waals surface area contributed by atoms with Gasteiger partial charge in [0.15, 0.2) is 5.65 Å². The lowest BCUT2D eigenvalue weighted by atomic mass is 9.92. The minimum atomic E-state index is -4.66. The number of aromatic nitrogens is 5. The number of anilines is 1. The first-order valence-electron chi connectivity index (χ1n) is 11.6. The molecule has 0 atom stereocenters. The molecular formula is C22H25F3N8O2. The van der Waals surface area contributed by atoms with Crippen LogP contribution in [0.2, 0.25) is 0 Å². The number of carbonyl (C=O) groups excluding carboxylic acids is 1. The van der Waals surface area contributed by atoms with E-state index in [1.165, 1.54) is 12.1 Å². The summed E-state index contributed by atoms with van der Waals surface area (Å²) in [5.74, 6) is -0.430. The minimum Gasteiger partial charge on any atom is -0.473 e. The maximum atomic E-state index is 13.1. The zero-order valence-electron chi connectivity index (χ0n) is 18.8. The quantitative estimate of drug-likeness (QED) is 0.560. The second-order valence-electron chi connectivity index (χ2n) is 8.67. The van der Waals surface area contributed by atoms with E-state index in [1.807, 2.05) is 6.07 Å². The van der Waals surface area contributed by atoms with Crippen molar-refractivity contribution in [1.29, 1.82) is 0 Å². The first-order chi connectivity index (χ1) is 16.9. The van der Waals surface area contributed by atoms with Crippen LogP contribution in [0.25, 0.3) is 5.65 Å². The Labute approximate surface area is 198 Å². The summed E-state index contributed by atoms with van der Waals surface area (Å²) in [7, 11) is 0. The van der Waals surface area contributed by atoms with Crippen LogP contribution in [0.15, 0.2) is 30.5 Å². The van der Waals surface area contributed by atoms with Gasteiger partial charge in [-0.15, -0.1) is 15.3 Å². The van der Waals surface area contributed by atoms with Crippen molar-refractivity contribution in [2.45, 2.75) is 44.0 Å². The van der Waals surface area contributed by atoms with Crippen molar-refractivity contribution in [3.8, 4) is 5.88 Å². The summed E-state index contributed by atoms with van der Waals surface area (Å²) in [4.78, 5) is 19.3. The molecule has 186 valence electrons. The molecule has 4 heterocycles. The van der Waals surface area contributed by atoms with Crippen LogP contribution in [0.5, 0.6) is 5.88 Å². The van der Waals surface area contributed by atoms with Crippen LogP contribution in [0.3, 0.4) is 0 Å². The van der Waals surface area contributed by atoms with Gasteiger partial charge in [-0.2, -0.15) is 17.7 Å². The average molecular weight is 490 g/mol. The number of carbonyl (C=O) groups is 1. The average Bonchev–Trinajstić information content (AvgIpc) is 3.30. The molecule has 1 aliphatic heterocycles. The molecule has 10 nitrogen and oxygen atoms in total. The van der Waals surface area contributed by atoms with E-state index < -0.39 is 12.0 Å². The number of ether oxygens (including phenoxy) is 1. The number of halogens is 3. The largest absolute Gasteiger partial charge is 0.473 e. The van der Waals surface area contributed by atoms with Crippen LogP contribution < -0.4 is 20.3 Å². The molecule has 3 aromatic rings. The summed E-state index contributed by atoms with van der Waals surface area (Å²) < 4.78 is 45.7. The summed E-state index contributed by atoms with van der Waals surface area (Å²) >= 11 is 0. The van der Waals surface area contributed by atoms with E-state index in [9.17, 15) is 18.0 Å². The van der Waals surface area contributed by atoms with Crippen LogP contribution in [-0.2, 0) is 6.18 Å². The maximum Gasteiger partial charge on any atom is 0.453 e. The third-order valence-electron chi connectivity index (χ3n) is 6.24. The number of amides is 1. The number of nitrogens with zero attached hydrogens (tertiary/aromatic N) is 6. The molecule has 0 unspecified atom stereocenters. The highest BCUT2D eigenvalue weighted by molar-refractivity contribution is 5.94. The van der Waals surface area contributed by atoms with Crippen molar-refractivity contribution in [2.75, 3.05) is 31.1 Å². The SMILES string of the molecule is O=C(N[C@H]1CC[C@H](Oc2ccc3nnc(C(F)(F)F)n3n2)CC1)c1ccc(N2CCNCC2)nc1. The van der Waals surface area contributed by atoms with Gasteiger partial charge in [0.05, 0.1) is 5.56 Å². The van der Waals surface area contributed by atoms with Crippen LogP contribution in [0, 0.1) is 0 Å². The molecule has 2 fully saturated rings. The molecule has 2 aliphatic rings. The third kappa shape index (κ3) is 5.29. The zero-order chi connectivity index (χ0) is 24.4. The zero-order valence-corrected chi connectivity index (χ0v) is 18.8. The van der Waals surface area contributed by atoms with Crippen molar-refractivity contribution in [3.05, 3.63) is 41.9 Å². The maximum absolute atomic E-state index is 13.1. The Balaban J connectivity index is 1.13. The number of alkyl halides is 3. The topological polar surface area (TPSA) is 110 Å². The molecule has 0 bridgehead atoms. The first kappa shape index (κ1) is 23.3. The Morgan fingerprint density at radius 2 is 1.83 bits per heavy atom. The number of rotatable bonds is 5. The number of hydrogen-bond acceptors (Lipinski definition) is 8. The van der Waals surface area contributed by atoms with Crippen molar-refractivity contribution in [2.24, 2.45) is 0 Å². The van der Waals surface area contributed by atoms with Gasteiger partial charge in [0, 0.05) is 44.5 Å². The molecule has 0 radical (unpaired) electrons. The molecule has 13 heteroatoms. The van der Waals surface area contributed by atoms with E-state index in [0.29, 0.717) is 35.8 Å². The predicted molar refractivity (Wildman–Crippen MR) is 119 cm³/mol. The Morgan fingerprint density at radius 1 is 1.06 bits per heavy atom. The van der Waals surface area contributed by atoms with Crippen molar-refractivity contribution in [3.63, 3.8) is 0 Å². The summed E-state index contributed by atoms with van der Waals surface area (Å²) in [6.45, 7) is 3.60. The Kier molecular flexibility index (Phi) is 6.41. The molecular weight excluding hydrogens is 465 g/mol. The monoisotopic (exact) mass is 490 g/mol. The molecule has 1 saturated heterocycles. The third-order valence-corrected chi connectivity index (χ3v) is 6.24. The molecule has 35 heavy (non-hydrogen) atoms. The molecule has 0 spiro atoms. The summed E-state index contributed by atoms with van der Waals surface area (Å²) in [6.07, 6.45) is -0.625. The standard InChI is InChI=1S/C22H25F3N8O2/c23-22(24,25)21-30-29-18-7-8-19(31-33(18)21)35-16-4-2-15(3-5-16)28-20(34)14-1-6-17(27-13-14)32-11-9-26-10-12-32/h1,6-8,13,15-16,26H,2-5,9-12H2,(H,28,34)/t15-,16-.